The van der Waals surface area contributed by atoms with E-state index in [0.717, 1.165) is 0 Å². The fourth-order valence-corrected chi connectivity index (χ4v) is 5.19. The Labute approximate surface area is 184 Å². The smallest absolute Gasteiger partial charge is 0.248 e. The second kappa shape index (κ2) is 9.53. The lowest BCUT2D eigenvalue weighted by molar-refractivity contribution is -0.103. The van der Waals surface area contributed by atoms with Crippen molar-refractivity contribution in [3.05, 3.63) is 34.2 Å². The number of aromatic nitrogens is 2. The molecule has 31 heavy (non-hydrogen) atoms. The third kappa shape index (κ3) is 6.40. The molecule has 1 aromatic heterocycles. The second-order valence-electron chi connectivity index (χ2n) is 7.16. The molecule has 0 amide bonds. The first kappa shape index (κ1) is 23.5. The first-order chi connectivity index (χ1) is 14.6. The number of hydroxylamine groups is 1. The molecule has 0 unspecified atom stereocenters. The molecule has 0 spiro atoms. The maximum Gasteiger partial charge on any atom is 0.248 e. The Kier molecular flexibility index (Phi) is 7.21. The summed E-state index contributed by atoms with van der Waals surface area (Å²) >= 11 is 3.04. The Hall–Kier alpha value is -2.19. The van der Waals surface area contributed by atoms with Gasteiger partial charge in [-0.25, -0.2) is 31.2 Å². The minimum absolute atomic E-state index is 0.0162. The number of amidine groups is 1. The number of halogens is 4. The summed E-state index contributed by atoms with van der Waals surface area (Å²) in [6.07, 6.45) is -0.583. The molecule has 9 nitrogen and oxygen atoms in total. The highest BCUT2D eigenvalue weighted by atomic mass is 79.9. The number of alkyl halides is 2. The highest BCUT2D eigenvalue weighted by Crippen LogP contribution is 2.42. The van der Waals surface area contributed by atoms with Crippen molar-refractivity contribution in [1.82, 2.24) is 15.8 Å². The number of sulfone groups is 1. The number of hydrogen-bond acceptors (Lipinski definition) is 8. The molecular weight excluding hydrogens is 507 g/mol. The van der Waals surface area contributed by atoms with Crippen LogP contribution in [0, 0.1) is 11.7 Å². The van der Waals surface area contributed by atoms with Gasteiger partial charge < -0.3 is 5.32 Å². The van der Waals surface area contributed by atoms with Crippen LogP contribution in [0.1, 0.15) is 25.0 Å². The van der Waals surface area contributed by atoms with Crippen LogP contribution < -0.4 is 10.8 Å². The zero-order valence-electron chi connectivity index (χ0n) is 16.0. The molecule has 0 aliphatic heterocycles. The van der Waals surface area contributed by atoms with Gasteiger partial charge in [-0.1, -0.05) is 0 Å². The van der Waals surface area contributed by atoms with Crippen molar-refractivity contribution in [1.29, 1.82) is 0 Å². The number of benzene rings is 1. The SMILES string of the molecule is O=S(=O)(CCCNc1nonc1C(=Nc1ccc(F)c(Br)c1)NO)CC1CC(F)(F)C1. The minimum Gasteiger partial charge on any atom is -0.365 e. The summed E-state index contributed by atoms with van der Waals surface area (Å²) in [5.41, 5.74) is 2.18. The van der Waals surface area contributed by atoms with Crippen LogP contribution in [0.15, 0.2) is 32.3 Å². The third-order valence-electron chi connectivity index (χ3n) is 4.55. The first-order valence-corrected chi connectivity index (χ1v) is 11.8. The van der Waals surface area contributed by atoms with Gasteiger partial charge in [-0.2, -0.15) is 0 Å². The molecule has 1 aliphatic rings. The molecule has 1 heterocycles. The van der Waals surface area contributed by atoms with Crippen molar-refractivity contribution in [2.45, 2.75) is 25.2 Å². The zero-order valence-corrected chi connectivity index (χ0v) is 18.4. The fraction of sp³-hybridized carbons (Fsp3) is 0.471. The van der Waals surface area contributed by atoms with Crippen molar-refractivity contribution in [3.63, 3.8) is 0 Å². The van der Waals surface area contributed by atoms with Crippen LogP contribution in [0.3, 0.4) is 0 Å². The van der Waals surface area contributed by atoms with E-state index in [1.165, 1.54) is 18.2 Å². The Balaban J connectivity index is 1.56. The Morgan fingerprint density at radius 1 is 1.35 bits per heavy atom. The zero-order chi connectivity index (χ0) is 22.6. The average Bonchev–Trinajstić information content (AvgIpc) is 3.12. The Morgan fingerprint density at radius 3 is 2.74 bits per heavy atom. The van der Waals surface area contributed by atoms with Gasteiger partial charge in [-0.3, -0.25) is 10.7 Å². The second-order valence-corrected chi connectivity index (χ2v) is 10.2. The van der Waals surface area contributed by atoms with Crippen LogP contribution >= 0.6 is 15.9 Å². The molecule has 3 N–H and O–H groups in total. The van der Waals surface area contributed by atoms with E-state index in [4.69, 9.17) is 0 Å². The minimum atomic E-state index is -3.46. The first-order valence-electron chi connectivity index (χ1n) is 9.17. The molecule has 0 atom stereocenters. The van der Waals surface area contributed by atoms with Gasteiger partial charge in [-0.05, 0) is 56.8 Å². The lowest BCUT2D eigenvalue weighted by Gasteiger charge is -2.34. The quantitative estimate of drug-likeness (QED) is 0.197. The van der Waals surface area contributed by atoms with Crippen LogP contribution in [0.5, 0.6) is 0 Å². The summed E-state index contributed by atoms with van der Waals surface area (Å²) in [5.74, 6) is -4.20. The van der Waals surface area contributed by atoms with E-state index in [1.54, 1.807) is 0 Å². The van der Waals surface area contributed by atoms with Gasteiger partial charge in [0.15, 0.2) is 21.4 Å². The highest BCUT2D eigenvalue weighted by molar-refractivity contribution is 9.10. The van der Waals surface area contributed by atoms with E-state index in [2.05, 4.69) is 41.2 Å². The summed E-state index contributed by atoms with van der Waals surface area (Å²) in [6, 6.07) is 3.94. The molecule has 14 heteroatoms. The van der Waals surface area contributed by atoms with Gasteiger partial charge >= 0.3 is 0 Å². The maximum absolute atomic E-state index is 13.4. The summed E-state index contributed by atoms with van der Waals surface area (Å²) in [4.78, 5) is 4.11. The number of hydrogen-bond donors (Lipinski definition) is 3. The summed E-state index contributed by atoms with van der Waals surface area (Å²) in [5, 5.41) is 19.5. The monoisotopic (exact) mass is 525 g/mol. The van der Waals surface area contributed by atoms with Gasteiger partial charge in [0.1, 0.15) is 5.82 Å². The van der Waals surface area contributed by atoms with Crippen LogP contribution in [0.4, 0.5) is 24.7 Å². The van der Waals surface area contributed by atoms with Gasteiger partial charge in [0.05, 0.1) is 21.7 Å². The molecule has 1 saturated carbocycles. The lowest BCUT2D eigenvalue weighted by atomic mass is 9.83. The number of rotatable bonds is 9. The Morgan fingerprint density at radius 2 is 2.10 bits per heavy atom. The fourth-order valence-electron chi connectivity index (χ4n) is 3.12. The van der Waals surface area contributed by atoms with Crippen molar-refractivity contribution < 1.29 is 31.4 Å². The van der Waals surface area contributed by atoms with E-state index in [1.807, 2.05) is 5.48 Å². The maximum atomic E-state index is 13.4. The average molecular weight is 526 g/mol. The van der Waals surface area contributed by atoms with Crippen molar-refractivity contribution in [2.24, 2.45) is 10.9 Å². The summed E-state index contributed by atoms with van der Waals surface area (Å²) in [6.45, 7) is 0.169. The molecule has 3 rings (SSSR count). The molecule has 1 aliphatic carbocycles. The summed E-state index contributed by atoms with van der Waals surface area (Å²) < 4.78 is 68.0. The number of aliphatic imine (C=N–C) groups is 1. The number of nitrogens with one attached hydrogen (secondary N) is 2. The lowest BCUT2D eigenvalue weighted by Crippen LogP contribution is -2.39. The predicted molar refractivity (Wildman–Crippen MR) is 109 cm³/mol. The van der Waals surface area contributed by atoms with Crippen LogP contribution in [-0.4, -0.2) is 53.7 Å². The van der Waals surface area contributed by atoms with Crippen LogP contribution in [0.2, 0.25) is 0 Å². The molecular formula is C17H19BrF3N5O4S. The van der Waals surface area contributed by atoms with Gasteiger partial charge in [0, 0.05) is 19.4 Å². The van der Waals surface area contributed by atoms with E-state index in [9.17, 15) is 26.8 Å². The van der Waals surface area contributed by atoms with Crippen molar-refractivity contribution in [2.75, 3.05) is 23.4 Å². The standard InChI is InChI=1S/C17H19BrF3N5O4S/c18-12-6-11(2-3-13(12)19)23-16(24-27)14-15(26-30-25-14)22-4-1-5-31(28,29)9-10-7-17(20,21)8-10/h2-3,6,10,27H,1,4-5,7-9H2,(H,22,26)(H,23,24). The third-order valence-corrected chi connectivity index (χ3v) is 7.05. The van der Waals surface area contributed by atoms with E-state index in [-0.39, 0.29) is 59.1 Å². The molecule has 170 valence electrons. The molecule has 0 bridgehead atoms. The van der Waals surface area contributed by atoms with E-state index in [0.29, 0.717) is 5.69 Å². The summed E-state index contributed by atoms with van der Waals surface area (Å²) in [7, 11) is -3.46. The molecule has 1 aromatic carbocycles. The van der Waals surface area contributed by atoms with Crippen molar-refractivity contribution >= 4 is 43.1 Å². The largest absolute Gasteiger partial charge is 0.365 e. The highest BCUT2D eigenvalue weighted by Gasteiger charge is 2.46. The number of anilines is 1. The normalized spacial score (nSPS) is 16.7. The van der Waals surface area contributed by atoms with E-state index < -0.39 is 27.5 Å². The molecule has 2 aromatic rings. The Bertz CT molecular complexity index is 1060. The molecule has 0 radical (unpaired) electrons. The molecule has 1 fully saturated rings. The van der Waals surface area contributed by atoms with Crippen LogP contribution in [-0.2, 0) is 9.84 Å². The van der Waals surface area contributed by atoms with Crippen LogP contribution in [0.25, 0.3) is 0 Å². The van der Waals surface area contributed by atoms with Crippen molar-refractivity contribution in [3.8, 4) is 0 Å². The molecule has 0 saturated heterocycles. The predicted octanol–water partition coefficient (Wildman–Crippen LogP) is 3.29. The number of nitrogens with zero attached hydrogens (tertiary/aromatic N) is 3. The van der Waals surface area contributed by atoms with Gasteiger partial charge in [0.2, 0.25) is 11.7 Å². The van der Waals surface area contributed by atoms with Gasteiger partial charge in [0.25, 0.3) is 0 Å². The van der Waals surface area contributed by atoms with E-state index >= 15 is 0 Å². The van der Waals surface area contributed by atoms with Gasteiger partial charge in [-0.15, -0.1) is 0 Å². The topological polar surface area (TPSA) is 130 Å².